The summed E-state index contributed by atoms with van der Waals surface area (Å²) in [7, 11) is 1.70. The van der Waals surface area contributed by atoms with Gasteiger partial charge in [0.2, 0.25) is 0 Å². The molecule has 0 fully saturated rings. The summed E-state index contributed by atoms with van der Waals surface area (Å²) in [6.45, 7) is -0.306. The normalized spacial score (nSPS) is 12.1. The summed E-state index contributed by atoms with van der Waals surface area (Å²) in [4.78, 5) is 21.7. The molecule has 6 nitrogen and oxygen atoms in total. The van der Waals surface area contributed by atoms with E-state index in [1.807, 2.05) is 0 Å². The number of hydrogen-bond donors (Lipinski definition) is 3. The lowest BCUT2D eigenvalue weighted by Gasteiger charge is -2.08. The van der Waals surface area contributed by atoms with Gasteiger partial charge >= 0.3 is 5.97 Å². The average Bonchev–Trinajstić information content (AvgIpc) is 2.60. The number of carboxylic acid groups (broad SMARTS) is 1. The van der Waals surface area contributed by atoms with E-state index in [0.717, 1.165) is 0 Å². The second kappa shape index (κ2) is 4.61. The van der Waals surface area contributed by atoms with Gasteiger partial charge in [0.25, 0.3) is 5.91 Å². The van der Waals surface area contributed by atoms with E-state index in [0.29, 0.717) is 5.69 Å². The van der Waals surface area contributed by atoms with Crippen LogP contribution < -0.4 is 5.32 Å². The molecule has 3 N–H and O–H groups in total. The highest BCUT2D eigenvalue weighted by atomic mass is 16.4. The smallest absolute Gasteiger partial charge is 0.334 e. The number of aliphatic hydroxyl groups is 1. The van der Waals surface area contributed by atoms with Crippen molar-refractivity contribution >= 4 is 11.9 Å². The summed E-state index contributed by atoms with van der Waals surface area (Å²) in [5, 5.41) is 19.6. The first-order valence-electron chi connectivity index (χ1n) is 4.32. The van der Waals surface area contributed by atoms with Gasteiger partial charge in [-0.05, 0) is 12.1 Å². The second-order valence-electron chi connectivity index (χ2n) is 3.07. The topological polar surface area (TPSA) is 91.6 Å². The lowest BCUT2D eigenvalue weighted by atomic mass is 10.3. The molecule has 1 aromatic rings. The van der Waals surface area contributed by atoms with Crippen molar-refractivity contribution in [3.05, 3.63) is 24.0 Å². The Morgan fingerprint density at radius 2 is 2.27 bits per heavy atom. The summed E-state index contributed by atoms with van der Waals surface area (Å²) < 4.78 is 1.60. The van der Waals surface area contributed by atoms with Crippen molar-refractivity contribution in [3.63, 3.8) is 0 Å². The number of rotatable bonds is 4. The first kappa shape index (κ1) is 11.3. The monoisotopic (exact) mass is 212 g/mol. The number of aryl methyl sites for hydroxylation is 1. The van der Waals surface area contributed by atoms with Crippen molar-refractivity contribution < 1.29 is 19.8 Å². The summed E-state index contributed by atoms with van der Waals surface area (Å²) in [5.74, 6) is -1.77. The van der Waals surface area contributed by atoms with Crippen LogP contribution in [0.2, 0.25) is 0 Å². The van der Waals surface area contributed by atoms with Crippen LogP contribution in [0.5, 0.6) is 0 Å². The van der Waals surface area contributed by atoms with Crippen LogP contribution in [-0.4, -0.2) is 39.3 Å². The molecule has 0 aliphatic rings. The van der Waals surface area contributed by atoms with Gasteiger partial charge in [-0.15, -0.1) is 0 Å². The van der Waals surface area contributed by atoms with Gasteiger partial charge in [0.05, 0.1) is 6.54 Å². The highest BCUT2D eigenvalue weighted by Crippen LogP contribution is 1.98. The van der Waals surface area contributed by atoms with E-state index in [1.165, 1.54) is 0 Å². The van der Waals surface area contributed by atoms with Gasteiger partial charge in [0.15, 0.2) is 6.10 Å². The van der Waals surface area contributed by atoms with Crippen LogP contribution in [0.3, 0.4) is 0 Å². The molecule has 0 spiro atoms. The molecule has 1 unspecified atom stereocenters. The predicted molar refractivity (Wildman–Crippen MR) is 51.4 cm³/mol. The first-order valence-corrected chi connectivity index (χ1v) is 4.32. The Hall–Kier alpha value is -1.82. The number of aromatic nitrogens is 1. The maximum absolute atomic E-state index is 11.4. The standard InChI is InChI=1S/C9H12N2O4/c1-11-4-2-3-6(11)8(13)10-5-7(12)9(14)15/h2-4,7,12H,5H2,1H3,(H,10,13)(H,14,15). The minimum absolute atomic E-state index is 0.306. The van der Waals surface area contributed by atoms with E-state index in [4.69, 9.17) is 10.2 Å². The third kappa shape index (κ3) is 2.81. The molecular formula is C9H12N2O4. The van der Waals surface area contributed by atoms with E-state index in [2.05, 4.69) is 5.32 Å². The third-order valence-electron chi connectivity index (χ3n) is 1.92. The molecule has 0 aliphatic carbocycles. The summed E-state index contributed by atoms with van der Waals surface area (Å²) >= 11 is 0. The van der Waals surface area contributed by atoms with E-state index in [-0.39, 0.29) is 6.54 Å². The zero-order valence-corrected chi connectivity index (χ0v) is 8.17. The number of carbonyl (C=O) groups is 2. The molecule has 1 heterocycles. The number of aliphatic carboxylic acids is 1. The molecule has 1 amide bonds. The Morgan fingerprint density at radius 3 is 2.73 bits per heavy atom. The maximum Gasteiger partial charge on any atom is 0.334 e. The highest BCUT2D eigenvalue weighted by molar-refractivity contribution is 5.93. The van der Waals surface area contributed by atoms with Gasteiger partial charge in [0, 0.05) is 13.2 Å². The second-order valence-corrected chi connectivity index (χ2v) is 3.07. The minimum atomic E-state index is -1.57. The fourth-order valence-corrected chi connectivity index (χ4v) is 1.06. The number of nitrogens with one attached hydrogen (secondary N) is 1. The van der Waals surface area contributed by atoms with Crippen molar-refractivity contribution in [1.82, 2.24) is 9.88 Å². The van der Waals surface area contributed by atoms with Gasteiger partial charge < -0.3 is 20.1 Å². The van der Waals surface area contributed by atoms with E-state index in [9.17, 15) is 9.59 Å². The van der Waals surface area contributed by atoms with Crippen LogP contribution in [0.1, 0.15) is 10.5 Å². The number of nitrogens with zero attached hydrogens (tertiary/aromatic N) is 1. The van der Waals surface area contributed by atoms with Gasteiger partial charge in [-0.3, -0.25) is 4.79 Å². The van der Waals surface area contributed by atoms with E-state index < -0.39 is 18.0 Å². The van der Waals surface area contributed by atoms with E-state index >= 15 is 0 Å². The van der Waals surface area contributed by atoms with Crippen LogP contribution in [0, 0.1) is 0 Å². The quantitative estimate of drug-likeness (QED) is 0.609. The SMILES string of the molecule is Cn1cccc1C(=O)NCC(O)C(=O)O. The number of aliphatic hydroxyl groups excluding tert-OH is 1. The average molecular weight is 212 g/mol. The van der Waals surface area contributed by atoms with Crippen LogP contribution in [0.4, 0.5) is 0 Å². The number of carboxylic acids is 1. The maximum atomic E-state index is 11.4. The molecule has 0 aliphatic heterocycles. The molecule has 1 atom stereocenters. The third-order valence-corrected chi connectivity index (χ3v) is 1.92. The molecular weight excluding hydrogens is 200 g/mol. The van der Waals surface area contributed by atoms with Crippen LogP contribution in [0.25, 0.3) is 0 Å². The lowest BCUT2D eigenvalue weighted by molar-refractivity contribution is -0.146. The largest absolute Gasteiger partial charge is 0.479 e. The van der Waals surface area contributed by atoms with Crippen molar-refractivity contribution in [1.29, 1.82) is 0 Å². The molecule has 82 valence electrons. The highest BCUT2D eigenvalue weighted by Gasteiger charge is 2.15. The minimum Gasteiger partial charge on any atom is -0.479 e. The number of amides is 1. The summed E-state index contributed by atoms with van der Waals surface area (Å²) in [5.41, 5.74) is 0.410. The predicted octanol–water partition coefficient (Wildman–Crippen LogP) is -0.800. The van der Waals surface area contributed by atoms with Crippen molar-refractivity contribution in [2.24, 2.45) is 7.05 Å². The lowest BCUT2D eigenvalue weighted by Crippen LogP contribution is -2.37. The van der Waals surface area contributed by atoms with Crippen molar-refractivity contribution in [2.75, 3.05) is 6.54 Å². The van der Waals surface area contributed by atoms with Crippen molar-refractivity contribution in [3.8, 4) is 0 Å². The van der Waals surface area contributed by atoms with Gasteiger partial charge in [-0.25, -0.2) is 4.79 Å². The molecule has 15 heavy (non-hydrogen) atoms. The zero-order chi connectivity index (χ0) is 11.4. The summed E-state index contributed by atoms with van der Waals surface area (Å²) in [6, 6.07) is 3.30. The van der Waals surface area contributed by atoms with Crippen LogP contribution in [-0.2, 0) is 11.8 Å². The first-order chi connectivity index (χ1) is 7.02. The fraction of sp³-hybridized carbons (Fsp3) is 0.333. The van der Waals surface area contributed by atoms with Crippen LogP contribution >= 0.6 is 0 Å². The van der Waals surface area contributed by atoms with E-state index in [1.54, 1.807) is 29.9 Å². The van der Waals surface area contributed by atoms with Crippen LogP contribution in [0.15, 0.2) is 18.3 Å². The van der Waals surface area contributed by atoms with Gasteiger partial charge in [-0.2, -0.15) is 0 Å². The molecule has 0 aromatic carbocycles. The Morgan fingerprint density at radius 1 is 1.60 bits per heavy atom. The number of carbonyl (C=O) groups excluding carboxylic acids is 1. The Labute approximate surface area is 86.1 Å². The fourth-order valence-electron chi connectivity index (χ4n) is 1.06. The Kier molecular flexibility index (Phi) is 3.46. The molecule has 1 rings (SSSR count). The Balaban J connectivity index is 2.51. The summed E-state index contributed by atoms with van der Waals surface area (Å²) in [6.07, 6.45) is 0.122. The molecule has 6 heteroatoms. The Bertz CT molecular complexity index is 372. The zero-order valence-electron chi connectivity index (χ0n) is 8.17. The molecule has 0 bridgehead atoms. The number of hydrogen-bond acceptors (Lipinski definition) is 3. The molecule has 0 radical (unpaired) electrons. The van der Waals surface area contributed by atoms with Gasteiger partial charge in [0.1, 0.15) is 5.69 Å². The van der Waals surface area contributed by atoms with Crippen molar-refractivity contribution in [2.45, 2.75) is 6.10 Å². The molecule has 1 aromatic heterocycles. The molecule has 0 saturated heterocycles. The van der Waals surface area contributed by atoms with Gasteiger partial charge in [-0.1, -0.05) is 0 Å². The molecule has 0 saturated carbocycles.